The highest BCUT2D eigenvalue weighted by molar-refractivity contribution is 7.89. The largest absolute Gasteiger partial charge is 0.497 e. The van der Waals surface area contributed by atoms with Crippen LogP contribution in [0.4, 0.5) is 0 Å². The molecule has 0 saturated heterocycles. The van der Waals surface area contributed by atoms with Crippen molar-refractivity contribution in [2.24, 2.45) is 0 Å². The maximum atomic E-state index is 13.3. The number of ether oxygens (including phenoxy) is 2. The summed E-state index contributed by atoms with van der Waals surface area (Å²) in [5, 5.41) is 1.67. The molecule has 4 aromatic carbocycles. The van der Waals surface area contributed by atoms with Crippen LogP contribution < -0.4 is 19.8 Å². The van der Waals surface area contributed by atoms with Gasteiger partial charge in [-0.25, -0.2) is 18.0 Å². The Hall–Kier alpha value is -4.47. The summed E-state index contributed by atoms with van der Waals surface area (Å²) in [6.45, 7) is 1.85. The minimum absolute atomic E-state index is 0.0370. The van der Waals surface area contributed by atoms with E-state index in [1.807, 2.05) is 13.0 Å². The number of rotatable bonds is 8. The van der Waals surface area contributed by atoms with Crippen LogP contribution in [0.5, 0.6) is 11.5 Å². The third kappa shape index (κ3) is 5.69. The fraction of sp³-hybridized carbons (Fsp3) is 0.133. The predicted octanol–water partition coefficient (Wildman–Crippen LogP) is 4.76. The monoisotopic (exact) mass is 543 g/mol. The summed E-state index contributed by atoms with van der Waals surface area (Å²) in [4.78, 5) is 26.0. The average Bonchev–Trinajstić information content (AvgIpc) is 2.93. The number of benzene rings is 4. The van der Waals surface area contributed by atoms with E-state index in [9.17, 15) is 18.0 Å². The van der Waals surface area contributed by atoms with Crippen molar-refractivity contribution in [1.29, 1.82) is 0 Å². The van der Waals surface area contributed by atoms with Crippen molar-refractivity contribution >= 4 is 37.7 Å². The van der Waals surface area contributed by atoms with E-state index in [-0.39, 0.29) is 22.6 Å². The zero-order chi connectivity index (χ0) is 27.6. The van der Waals surface area contributed by atoms with E-state index >= 15 is 0 Å². The molecule has 0 saturated carbocycles. The van der Waals surface area contributed by atoms with Crippen molar-refractivity contribution in [3.8, 4) is 11.5 Å². The molecule has 0 spiro atoms. The molecular formula is C30H25NO7S. The molecule has 198 valence electrons. The van der Waals surface area contributed by atoms with Crippen molar-refractivity contribution in [3.05, 3.63) is 113 Å². The summed E-state index contributed by atoms with van der Waals surface area (Å²) < 4.78 is 45.0. The van der Waals surface area contributed by atoms with Crippen molar-refractivity contribution in [2.75, 3.05) is 7.11 Å². The summed E-state index contributed by atoms with van der Waals surface area (Å²) in [7, 11) is -2.51. The topological polar surface area (TPSA) is 112 Å². The molecule has 8 nitrogen and oxygen atoms in total. The van der Waals surface area contributed by atoms with Crippen molar-refractivity contribution in [1.82, 2.24) is 4.72 Å². The highest BCUT2D eigenvalue weighted by atomic mass is 32.2. The summed E-state index contributed by atoms with van der Waals surface area (Å²) in [5.74, 6) is -0.171. The van der Waals surface area contributed by atoms with Crippen LogP contribution in [0.2, 0.25) is 0 Å². The Bertz CT molecular complexity index is 1830. The van der Waals surface area contributed by atoms with Gasteiger partial charge in [0.1, 0.15) is 23.1 Å². The Morgan fingerprint density at radius 1 is 0.872 bits per heavy atom. The lowest BCUT2D eigenvalue weighted by Crippen LogP contribution is -2.44. The average molecular weight is 544 g/mol. The molecule has 9 heteroatoms. The molecule has 39 heavy (non-hydrogen) atoms. The summed E-state index contributed by atoms with van der Waals surface area (Å²) in [6.07, 6.45) is 0.0693. The van der Waals surface area contributed by atoms with Gasteiger partial charge in [0.25, 0.3) is 0 Å². The summed E-state index contributed by atoms with van der Waals surface area (Å²) in [5.41, 5.74) is 1.32. The van der Waals surface area contributed by atoms with Gasteiger partial charge in [0, 0.05) is 16.8 Å². The van der Waals surface area contributed by atoms with Crippen LogP contribution in [0.1, 0.15) is 11.1 Å². The second-order valence-corrected chi connectivity index (χ2v) is 10.8. The maximum Gasteiger partial charge on any atom is 0.344 e. The number of esters is 1. The Morgan fingerprint density at radius 2 is 1.56 bits per heavy atom. The van der Waals surface area contributed by atoms with Crippen LogP contribution in [0.15, 0.2) is 105 Å². The molecule has 1 atom stereocenters. The molecule has 0 unspecified atom stereocenters. The van der Waals surface area contributed by atoms with Gasteiger partial charge in [-0.15, -0.1) is 0 Å². The van der Waals surface area contributed by atoms with E-state index in [1.54, 1.807) is 66.7 Å². The van der Waals surface area contributed by atoms with E-state index < -0.39 is 27.7 Å². The Kier molecular flexibility index (Phi) is 7.19. The van der Waals surface area contributed by atoms with Crippen molar-refractivity contribution < 1.29 is 27.1 Å². The van der Waals surface area contributed by atoms with Gasteiger partial charge in [0.2, 0.25) is 10.0 Å². The van der Waals surface area contributed by atoms with E-state index in [0.29, 0.717) is 21.9 Å². The molecule has 0 aliphatic heterocycles. The van der Waals surface area contributed by atoms with Gasteiger partial charge in [-0.3, -0.25) is 0 Å². The SMILES string of the molecule is COc1ccc2c(c1)c(=O)oc1cc(OC(=O)[C@H](Cc3ccccc3)NS(=O)(=O)c3ccc(C)cc3)ccc12. The first-order valence-corrected chi connectivity index (χ1v) is 13.6. The van der Waals surface area contributed by atoms with Gasteiger partial charge in [0.15, 0.2) is 0 Å². The zero-order valence-electron chi connectivity index (χ0n) is 21.2. The molecule has 1 aromatic heterocycles. The molecule has 0 bridgehead atoms. The van der Waals surface area contributed by atoms with Crippen LogP contribution in [-0.4, -0.2) is 27.5 Å². The molecule has 0 fully saturated rings. The minimum atomic E-state index is -4.02. The molecule has 5 rings (SSSR count). The number of carbonyl (C=O) groups excluding carboxylic acids is 1. The normalized spacial score (nSPS) is 12.4. The number of carbonyl (C=O) groups is 1. The fourth-order valence-corrected chi connectivity index (χ4v) is 5.45. The highest BCUT2D eigenvalue weighted by Crippen LogP contribution is 2.29. The maximum absolute atomic E-state index is 13.3. The third-order valence-corrected chi connectivity index (χ3v) is 7.79. The molecule has 1 N–H and O–H groups in total. The van der Waals surface area contributed by atoms with Crippen LogP contribution in [-0.2, 0) is 21.2 Å². The second kappa shape index (κ2) is 10.7. The van der Waals surface area contributed by atoms with Gasteiger partial charge in [-0.2, -0.15) is 4.72 Å². The van der Waals surface area contributed by atoms with Crippen molar-refractivity contribution in [2.45, 2.75) is 24.3 Å². The molecule has 0 amide bonds. The number of nitrogens with one attached hydrogen (secondary N) is 1. The highest BCUT2D eigenvalue weighted by Gasteiger charge is 2.28. The second-order valence-electron chi connectivity index (χ2n) is 9.06. The lowest BCUT2D eigenvalue weighted by molar-refractivity contribution is -0.136. The van der Waals surface area contributed by atoms with E-state index in [4.69, 9.17) is 13.9 Å². The lowest BCUT2D eigenvalue weighted by atomic mass is 10.1. The smallest absolute Gasteiger partial charge is 0.344 e. The van der Waals surface area contributed by atoms with Crippen molar-refractivity contribution in [3.63, 3.8) is 0 Å². The van der Waals surface area contributed by atoms with Crippen LogP contribution in [0, 0.1) is 6.92 Å². The molecule has 1 heterocycles. The van der Waals surface area contributed by atoms with Crippen LogP contribution in [0.25, 0.3) is 21.7 Å². The number of fused-ring (bicyclic) bond motifs is 3. The van der Waals surface area contributed by atoms with Gasteiger partial charge in [0.05, 0.1) is 17.4 Å². The van der Waals surface area contributed by atoms with Gasteiger partial charge in [-0.1, -0.05) is 48.0 Å². The molecule has 5 aromatic rings. The van der Waals surface area contributed by atoms with Crippen LogP contribution in [0.3, 0.4) is 0 Å². The molecular weight excluding hydrogens is 518 g/mol. The first-order valence-electron chi connectivity index (χ1n) is 12.1. The Morgan fingerprint density at radius 3 is 2.28 bits per heavy atom. The first kappa shape index (κ1) is 26.1. The number of aryl methyl sites for hydroxylation is 1. The number of methoxy groups -OCH3 is 1. The van der Waals surface area contributed by atoms with Crippen LogP contribution >= 0.6 is 0 Å². The molecule has 0 radical (unpaired) electrons. The van der Waals surface area contributed by atoms with E-state index in [1.165, 1.54) is 25.3 Å². The van der Waals surface area contributed by atoms with E-state index in [2.05, 4.69) is 4.72 Å². The van der Waals surface area contributed by atoms with Gasteiger partial charge < -0.3 is 13.9 Å². The molecule has 0 aliphatic carbocycles. The zero-order valence-corrected chi connectivity index (χ0v) is 22.0. The minimum Gasteiger partial charge on any atom is -0.497 e. The summed E-state index contributed by atoms with van der Waals surface area (Å²) >= 11 is 0. The Labute approximate surface area is 224 Å². The van der Waals surface area contributed by atoms with Gasteiger partial charge in [-0.05, 0) is 61.4 Å². The van der Waals surface area contributed by atoms with E-state index in [0.717, 1.165) is 11.1 Å². The first-order chi connectivity index (χ1) is 18.7. The number of hydrogen-bond donors (Lipinski definition) is 1. The number of hydrogen-bond acceptors (Lipinski definition) is 7. The number of sulfonamides is 1. The Balaban J connectivity index is 1.46. The standard InChI is InChI=1S/C30H25NO7S/c1-19-8-12-23(13-9-19)39(34,35)31-27(16-20-6-4-3-5-7-20)30(33)37-22-11-15-25-24-14-10-21(36-2)17-26(24)29(32)38-28(25)18-22/h3-15,17-18,27,31H,16H2,1-2H3/t27-/m0/s1. The molecule has 0 aliphatic rings. The quantitative estimate of drug-likeness (QED) is 0.130. The fourth-order valence-electron chi connectivity index (χ4n) is 4.26. The summed E-state index contributed by atoms with van der Waals surface area (Å²) in [6, 6.07) is 23.9. The van der Waals surface area contributed by atoms with Gasteiger partial charge >= 0.3 is 11.6 Å². The lowest BCUT2D eigenvalue weighted by Gasteiger charge is -2.18. The third-order valence-electron chi connectivity index (χ3n) is 6.31. The predicted molar refractivity (Wildman–Crippen MR) is 148 cm³/mol.